The van der Waals surface area contributed by atoms with Crippen LogP contribution in [0.2, 0.25) is 0 Å². The first-order valence-electron chi connectivity index (χ1n) is 5.24. The Bertz CT molecular complexity index is 110. The monoisotopic (exact) mass is 171 g/mol. The Hall–Kier alpha value is -0.0800. The largest absolute Gasteiger partial charge is 0.379 e. The molecule has 0 bridgehead atoms. The summed E-state index contributed by atoms with van der Waals surface area (Å²) in [4.78, 5) is 0. The summed E-state index contributed by atoms with van der Waals surface area (Å²) < 4.78 is 0. The van der Waals surface area contributed by atoms with Crippen molar-refractivity contribution in [2.75, 3.05) is 6.54 Å². The normalized spacial score (nSPS) is 22.5. The molecule has 2 nitrogen and oxygen atoms in total. The third-order valence-corrected chi connectivity index (χ3v) is 2.72. The molecule has 0 aromatic rings. The molecule has 0 aromatic heterocycles. The average molecular weight is 171 g/mol. The molecule has 1 rings (SSSR count). The summed E-state index contributed by atoms with van der Waals surface area (Å²) in [5.74, 6) is 0.771. The van der Waals surface area contributed by atoms with Crippen molar-refractivity contribution in [2.24, 2.45) is 5.92 Å². The molecule has 0 aromatic carbocycles. The lowest BCUT2D eigenvalue weighted by molar-refractivity contribution is 0.101. The van der Waals surface area contributed by atoms with Gasteiger partial charge in [0.1, 0.15) is 6.23 Å². The lowest BCUT2D eigenvalue weighted by Crippen LogP contribution is -2.31. The summed E-state index contributed by atoms with van der Waals surface area (Å²) in [6.07, 6.45) is 7.46. The van der Waals surface area contributed by atoms with Crippen LogP contribution in [0.3, 0.4) is 0 Å². The minimum absolute atomic E-state index is 0.266. The fourth-order valence-corrected chi connectivity index (χ4v) is 2.06. The van der Waals surface area contributed by atoms with Gasteiger partial charge in [0.25, 0.3) is 0 Å². The van der Waals surface area contributed by atoms with E-state index >= 15 is 0 Å². The van der Waals surface area contributed by atoms with Gasteiger partial charge in [0.05, 0.1) is 0 Å². The summed E-state index contributed by atoms with van der Waals surface area (Å²) in [5.41, 5.74) is 0. The van der Waals surface area contributed by atoms with Gasteiger partial charge in [-0.1, -0.05) is 39.0 Å². The van der Waals surface area contributed by atoms with E-state index < -0.39 is 0 Å². The smallest absolute Gasteiger partial charge is 0.105 e. The van der Waals surface area contributed by atoms with E-state index in [0.29, 0.717) is 0 Å². The second-order valence-electron chi connectivity index (χ2n) is 3.81. The van der Waals surface area contributed by atoms with Crippen LogP contribution in [0.5, 0.6) is 0 Å². The number of hydrogen-bond acceptors (Lipinski definition) is 2. The number of nitrogens with one attached hydrogen (secondary N) is 1. The van der Waals surface area contributed by atoms with E-state index in [1.807, 2.05) is 6.92 Å². The maximum atomic E-state index is 9.49. The van der Waals surface area contributed by atoms with E-state index in [2.05, 4.69) is 5.32 Å². The summed E-state index contributed by atoms with van der Waals surface area (Å²) in [5, 5.41) is 12.5. The zero-order valence-electron chi connectivity index (χ0n) is 8.05. The molecule has 1 saturated carbocycles. The molecule has 1 aliphatic rings. The van der Waals surface area contributed by atoms with E-state index in [9.17, 15) is 5.11 Å². The zero-order valence-corrected chi connectivity index (χ0v) is 8.05. The minimum atomic E-state index is -0.266. The van der Waals surface area contributed by atoms with Crippen LogP contribution < -0.4 is 5.32 Å². The molecular weight excluding hydrogens is 150 g/mol. The third kappa shape index (κ3) is 3.55. The molecule has 1 fully saturated rings. The van der Waals surface area contributed by atoms with Gasteiger partial charge in [-0.3, -0.25) is 5.32 Å². The first-order chi connectivity index (χ1) is 5.83. The molecule has 0 spiro atoms. The molecular formula is C10H21NO. The topological polar surface area (TPSA) is 32.3 Å². The van der Waals surface area contributed by atoms with Crippen LogP contribution >= 0.6 is 0 Å². The van der Waals surface area contributed by atoms with Crippen molar-refractivity contribution >= 4 is 0 Å². The molecule has 0 saturated heterocycles. The van der Waals surface area contributed by atoms with Crippen molar-refractivity contribution in [3.05, 3.63) is 0 Å². The molecule has 1 unspecified atom stereocenters. The molecule has 1 atom stereocenters. The molecule has 0 heterocycles. The quantitative estimate of drug-likeness (QED) is 0.633. The molecule has 0 aliphatic heterocycles. The van der Waals surface area contributed by atoms with Crippen molar-refractivity contribution in [3.8, 4) is 0 Å². The maximum absolute atomic E-state index is 9.49. The Morgan fingerprint density at radius 1 is 1.33 bits per heavy atom. The van der Waals surface area contributed by atoms with E-state index in [4.69, 9.17) is 0 Å². The first kappa shape index (κ1) is 10.0. The molecule has 12 heavy (non-hydrogen) atoms. The summed E-state index contributed by atoms with van der Waals surface area (Å²) in [6.45, 7) is 2.90. The lowest BCUT2D eigenvalue weighted by Gasteiger charge is -2.24. The molecule has 1 aliphatic carbocycles. The fourth-order valence-electron chi connectivity index (χ4n) is 2.06. The van der Waals surface area contributed by atoms with Gasteiger partial charge in [-0.05, 0) is 18.9 Å². The van der Waals surface area contributed by atoms with Crippen LogP contribution in [0.15, 0.2) is 0 Å². The van der Waals surface area contributed by atoms with Crippen LogP contribution in [0, 0.1) is 5.92 Å². The standard InChI is InChI=1S/C10H21NO/c1-2-11-10(12)8-9-6-4-3-5-7-9/h9-12H,2-8H2,1H3. The van der Waals surface area contributed by atoms with Gasteiger partial charge in [0.2, 0.25) is 0 Å². The Morgan fingerprint density at radius 3 is 2.58 bits per heavy atom. The van der Waals surface area contributed by atoms with E-state index in [1.165, 1.54) is 32.1 Å². The van der Waals surface area contributed by atoms with Crippen molar-refractivity contribution in [1.82, 2.24) is 5.32 Å². The Labute approximate surface area is 75.4 Å². The SMILES string of the molecule is CCNC(O)CC1CCCCC1. The summed E-state index contributed by atoms with van der Waals surface area (Å²) in [7, 11) is 0. The van der Waals surface area contributed by atoms with Crippen LogP contribution in [-0.2, 0) is 0 Å². The maximum Gasteiger partial charge on any atom is 0.105 e. The Balaban J connectivity index is 2.11. The molecule has 72 valence electrons. The lowest BCUT2D eigenvalue weighted by atomic mass is 9.86. The highest BCUT2D eigenvalue weighted by molar-refractivity contribution is 4.68. The van der Waals surface area contributed by atoms with Gasteiger partial charge in [0.15, 0.2) is 0 Å². The Morgan fingerprint density at radius 2 is 2.00 bits per heavy atom. The van der Waals surface area contributed by atoms with Gasteiger partial charge >= 0.3 is 0 Å². The summed E-state index contributed by atoms with van der Waals surface area (Å²) in [6, 6.07) is 0. The van der Waals surface area contributed by atoms with Crippen molar-refractivity contribution in [2.45, 2.75) is 51.7 Å². The minimum Gasteiger partial charge on any atom is -0.379 e. The highest BCUT2D eigenvalue weighted by atomic mass is 16.3. The van der Waals surface area contributed by atoms with Gasteiger partial charge in [-0.2, -0.15) is 0 Å². The second kappa shape index (κ2) is 5.55. The number of aliphatic hydroxyl groups is 1. The summed E-state index contributed by atoms with van der Waals surface area (Å²) >= 11 is 0. The Kier molecular flexibility index (Phi) is 4.62. The third-order valence-electron chi connectivity index (χ3n) is 2.72. The van der Waals surface area contributed by atoms with Crippen molar-refractivity contribution < 1.29 is 5.11 Å². The van der Waals surface area contributed by atoms with Gasteiger partial charge in [0, 0.05) is 0 Å². The van der Waals surface area contributed by atoms with Crippen molar-refractivity contribution in [3.63, 3.8) is 0 Å². The highest BCUT2D eigenvalue weighted by Gasteiger charge is 2.16. The fraction of sp³-hybridized carbons (Fsp3) is 1.00. The number of aliphatic hydroxyl groups excluding tert-OH is 1. The van der Waals surface area contributed by atoms with Gasteiger partial charge in [-0.15, -0.1) is 0 Å². The van der Waals surface area contributed by atoms with Gasteiger partial charge in [-0.25, -0.2) is 0 Å². The van der Waals surface area contributed by atoms with Crippen LogP contribution in [0.25, 0.3) is 0 Å². The average Bonchev–Trinajstić information content (AvgIpc) is 2.06. The van der Waals surface area contributed by atoms with E-state index in [0.717, 1.165) is 18.9 Å². The van der Waals surface area contributed by atoms with E-state index in [-0.39, 0.29) is 6.23 Å². The second-order valence-corrected chi connectivity index (χ2v) is 3.81. The van der Waals surface area contributed by atoms with Crippen LogP contribution in [0.4, 0.5) is 0 Å². The molecule has 0 radical (unpaired) electrons. The number of hydrogen-bond donors (Lipinski definition) is 2. The predicted molar refractivity (Wildman–Crippen MR) is 50.9 cm³/mol. The van der Waals surface area contributed by atoms with Gasteiger partial charge < -0.3 is 5.11 Å². The molecule has 2 N–H and O–H groups in total. The predicted octanol–water partition coefficient (Wildman–Crippen LogP) is 1.88. The van der Waals surface area contributed by atoms with E-state index in [1.54, 1.807) is 0 Å². The molecule has 2 heteroatoms. The highest BCUT2D eigenvalue weighted by Crippen LogP contribution is 2.26. The van der Waals surface area contributed by atoms with Crippen molar-refractivity contribution in [1.29, 1.82) is 0 Å². The first-order valence-corrected chi connectivity index (χ1v) is 5.24. The molecule has 0 amide bonds. The van der Waals surface area contributed by atoms with Crippen LogP contribution in [-0.4, -0.2) is 17.9 Å². The number of rotatable bonds is 4. The zero-order chi connectivity index (χ0) is 8.81. The van der Waals surface area contributed by atoms with Crippen LogP contribution in [0.1, 0.15) is 45.4 Å².